The van der Waals surface area contributed by atoms with Gasteiger partial charge in [-0.1, -0.05) is 12.8 Å². The smallest absolute Gasteiger partial charge is 0.235 e. The fourth-order valence-corrected chi connectivity index (χ4v) is 4.94. The highest BCUT2D eigenvalue weighted by Gasteiger charge is 2.36. The number of carbonyl (C=O) groups excluding carboxylic acids is 2. The number of aromatic nitrogens is 5. The molecule has 2 fully saturated rings. The van der Waals surface area contributed by atoms with Crippen LogP contribution < -0.4 is 4.90 Å². The van der Waals surface area contributed by atoms with E-state index in [9.17, 15) is 20.0 Å². The first-order chi connectivity index (χ1) is 15.6. The van der Waals surface area contributed by atoms with E-state index in [1.165, 1.54) is 6.33 Å². The summed E-state index contributed by atoms with van der Waals surface area (Å²) >= 11 is 0. The molecule has 1 aliphatic heterocycles. The molecule has 10 heteroatoms. The van der Waals surface area contributed by atoms with Crippen LogP contribution in [0.4, 0.5) is 5.82 Å². The van der Waals surface area contributed by atoms with Gasteiger partial charge in [0.1, 0.15) is 18.7 Å². The van der Waals surface area contributed by atoms with Crippen LogP contribution in [0.5, 0.6) is 0 Å². The van der Waals surface area contributed by atoms with Crippen molar-refractivity contribution in [2.75, 3.05) is 4.90 Å². The molecule has 2 aliphatic rings. The Morgan fingerprint density at radius 1 is 1.19 bits per heavy atom. The molecule has 2 amide bonds. The summed E-state index contributed by atoms with van der Waals surface area (Å²) in [5.74, 6) is -0.0221. The van der Waals surface area contributed by atoms with Crippen LogP contribution in [0.15, 0.2) is 24.8 Å². The van der Waals surface area contributed by atoms with E-state index in [1.54, 1.807) is 27.7 Å². The van der Waals surface area contributed by atoms with Gasteiger partial charge in [-0.3, -0.25) is 14.3 Å². The van der Waals surface area contributed by atoms with Crippen molar-refractivity contribution in [1.82, 2.24) is 24.3 Å². The fourth-order valence-electron chi connectivity index (χ4n) is 4.94. The minimum Gasteiger partial charge on any atom is -0.376 e. The molecule has 0 aromatic carbocycles. The largest absolute Gasteiger partial charge is 0.376 e. The number of rotatable bonds is 6. The molecule has 4 heterocycles. The van der Waals surface area contributed by atoms with E-state index < -0.39 is 0 Å². The maximum Gasteiger partial charge on any atom is 0.235 e. The Bertz CT molecular complexity index is 1220. The van der Waals surface area contributed by atoms with Gasteiger partial charge in [-0.05, 0) is 24.8 Å². The van der Waals surface area contributed by atoms with Crippen molar-refractivity contribution in [3.63, 3.8) is 0 Å². The number of aliphatic hydroxyl groups is 1. The van der Waals surface area contributed by atoms with Crippen molar-refractivity contribution in [2.24, 2.45) is 5.92 Å². The maximum atomic E-state index is 12.6. The van der Waals surface area contributed by atoms with Gasteiger partial charge in [0.25, 0.3) is 0 Å². The average molecular weight is 433 g/mol. The number of imide groups is 1. The molecule has 1 saturated carbocycles. The van der Waals surface area contributed by atoms with E-state index in [2.05, 4.69) is 16.0 Å². The summed E-state index contributed by atoms with van der Waals surface area (Å²) in [6.45, 7) is -0.235. The van der Waals surface area contributed by atoms with Gasteiger partial charge < -0.3 is 9.67 Å². The van der Waals surface area contributed by atoms with Crippen LogP contribution in [0, 0.1) is 17.2 Å². The molecule has 1 saturated heterocycles. The van der Waals surface area contributed by atoms with Crippen molar-refractivity contribution >= 4 is 28.7 Å². The molecule has 1 aliphatic carbocycles. The molecule has 10 nitrogen and oxygen atoms in total. The van der Waals surface area contributed by atoms with E-state index in [-0.39, 0.29) is 43.2 Å². The quantitative estimate of drug-likeness (QED) is 0.591. The lowest BCUT2D eigenvalue weighted by atomic mass is 9.96. The highest BCUT2D eigenvalue weighted by molar-refractivity contribution is 6.21. The third-order valence-electron chi connectivity index (χ3n) is 6.52. The number of nitrogens with zero attached hydrogens (tertiary/aromatic N) is 7. The molecular weight excluding hydrogens is 410 g/mol. The van der Waals surface area contributed by atoms with Gasteiger partial charge in [-0.15, -0.1) is 0 Å². The summed E-state index contributed by atoms with van der Waals surface area (Å²) in [5.41, 5.74) is 1.61. The van der Waals surface area contributed by atoms with Crippen molar-refractivity contribution in [1.29, 1.82) is 5.26 Å². The number of amides is 2. The summed E-state index contributed by atoms with van der Waals surface area (Å²) in [6, 6.07) is 3.93. The summed E-state index contributed by atoms with van der Waals surface area (Å²) < 4.78 is 3.33. The lowest BCUT2D eigenvalue weighted by molar-refractivity contribution is -0.121. The number of fused-ring (bicyclic) bond motifs is 1. The highest BCUT2D eigenvalue weighted by Crippen LogP contribution is 2.40. The standard InChI is InChI=1S/C22H23N7O3/c23-9-7-17(14-3-1-2-4-14)28-11-16(22(26-28)29-18(31)5-6-19(29)32)20-15-8-10-27(13-30)21(15)25-12-24-20/h8,10-12,14,17,30H,1-7,13H2. The zero-order valence-electron chi connectivity index (χ0n) is 17.5. The van der Waals surface area contributed by atoms with E-state index in [1.807, 2.05) is 0 Å². The van der Waals surface area contributed by atoms with E-state index >= 15 is 0 Å². The number of hydrogen-bond donors (Lipinski definition) is 1. The Balaban J connectivity index is 1.69. The Morgan fingerprint density at radius 3 is 2.62 bits per heavy atom. The summed E-state index contributed by atoms with van der Waals surface area (Å²) in [5, 5.41) is 24.4. The van der Waals surface area contributed by atoms with Gasteiger partial charge in [0.2, 0.25) is 11.8 Å². The first-order valence-electron chi connectivity index (χ1n) is 10.8. The van der Waals surface area contributed by atoms with Crippen LogP contribution >= 0.6 is 0 Å². The highest BCUT2D eigenvalue weighted by atomic mass is 16.3. The van der Waals surface area contributed by atoms with Gasteiger partial charge in [-0.2, -0.15) is 10.4 Å². The second-order valence-corrected chi connectivity index (χ2v) is 8.33. The van der Waals surface area contributed by atoms with Crippen LogP contribution in [-0.2, 0) is 16.3 Å². The number of anilines is 1. The van der Waals surface area contributed by atoms with Crippen molar-refractivity contribution < 1.29 is 14.7 Å². The van der Waals surface area contributed by atoms with Gasteiger partial charge in [0, 0.05) is 30.6 Å². The van der Waals surface area contributed by atoms with E-state index in [4.69, 9.17) is 5.10 Å². The molecule has 1 atom stereocenters. The Kier molecular flexibility index (Phi) is 5.19. The van der Waals surface area contributed by atoms with Gasteiger partial charge in [0.15, 0.2) is 5.82 Å². The Labute approximate surface area is 184 Å². The molecule has 1 unspecified atom stereocenters. The summed E-state index contributed by atoms with van der Waals surface area (Å²) in [7, 11) is 0. The molecule has 164 valence electrons. The van der Waals surface area contributed by atoms with E-state index in [0.717, 1.165) is 30.6 Å². The fraction of sp³-hybridized carbons (Fsp3) is 0.455. The monoisotopic (exact) mass is 433 g/mol. The topological polar surface area (TPSA) is 130 Å². The van der Waals surface area contributed by atoms with Gasteiger partial charge in [-0.25, -0.2) is 14.9 Å². The lowest BCUT2D eigenvalue weighted by Crippen LogP contribution is -2.30. The lowest BCUT2D eigenvalue weighted by Gasteiger charge is -2.21. The molecule has 5 rings (SSSR count). The van der Waals surface area contributed by atoms with Crippen LogP contribution in [-0.4, -0.2) is 41.2 Å². The molecule has 0 spiro atoms. The van der Waals surface area contributed by atoms with Crippen molar-refractivity contribution in [3.8, 4) is 17.3 Å². The first-order valence-corrected chi connectivity index (χ1v) is 10.8. The van der Waals surface area contributed by atoms with E-state index in [0.29, 0.717) is 34.6 Å². The molecular formula is C22H23N7O3. The SMILES string of the molecule is N#CCC(C1CCCC1)n1cc(-c2ncnc3c2ccn3CO)c(N2C(=O)CCC2=O)n1. The summed E-state index contributed by atoms with van der Waals surface area (Å²) in [4.78, 5) is 35.0. The number of hydrogen-bond acceptors (Lipinski definition) is 7. The van der Waals surface area contributed by atoms with Crippen molar-refractivity contribution in [3.05, 3.63) is 24.8 Å². The van der Waals surface area contributed by atoms with Crippen LogP contribution in [0.3, 0.4) is 0 Å². The third-order valence-corrected chi connectivity index (χ3v) is 6.52. The van der Waals surface area contributed by atoms with Crippen LogP contribution in [0.2, 0.25) is 0 Å². The van der Waals surface area contributed by atoms with Crippen LogP contribution in [0.1, 0.15) is 51.0 Å². The number of carbonyl (C=O) groups is 2. The zero-order valence-corrected chi connectivity index (χ0v) is 17.5. The van der Waals surface area contributed by atoms with Gasteiger partial charge >= 0.3 is 0 Å². The summed E-state index contributed by atoms with van der Waals surface area (Å²) in [6.07, 6.45) is 9.78. The zero-order chi connectivity index (χ0) is 22.2. The molecule has 0 bridgehead atoms. The Morgan fingerprint density at radius 2 is 1.94 bits per heavy atom. The molecule has 1 N–H and O–H groups in total. The Hall–Kier alpha value is -3.58. The van der Waals surface area contributed by atoms with Crippen LogP contribution in [0.25, 0.3) is 22.3 Å². The average Bonchev–Trinajstić information content (AvgIpc) is 3.58. The predicted octanol–water partition coefficient (Wildman–Crippen LogP) is 2.54. The minimum absolute atomic E-state index is 0.137. The van der Waals surface area contributed by atoms with Gasteiger partial charge in [0.05, 0.1) is 29.8 Å². The van der Waals surface area contributed by atoms with Crippen molar-refractivity contribution in [2.45, 2.75) is 57.7 Å². The second-order valence-electron chi connectivity index (χ2n) is 8.33. The number of nitriles is 1. The number of aliphatic hydroxyl groups excluding tert-OH is 1. The minimum atomic E-state index is -0.294. The second kappa shape index (κ2) is 8.16. The molecule has 3 aromatic heterocycles. The molecule has 0 radical (unpaired) electrons. The predicted molar refractivity (Wildman–Crippen MR) is 114 cm³/mol. The molecule has 32 heavy (non-hydrogen) atoms. The first kappa shape index (κ1) is 20.3. The maximum absolute atomic E-state index is 12.6. The molecule has 3 aromatic rings. The normalized spacial score (nSPS) is 18.1. The third kappa shape index (κ3) is 3.26.